The predicted molar refractivity (Wildman–Crippen MR) is 62.7 cm³/mol. The van der Waals surface area contributed by atoms with E-state index in [2.05, 4.69) is 15.4 Å². The highest BCUT2D eigenvalue weighted by molar-refractivity contribution is 7.80. The van der Waals surface area contributed by atoms with Gasteiger partial charge in [0.2, 0.25) is 0 Å². The molecule has 4 nitrogen and oxygen atoms in total. The van der Waals surface area contributed by atoms with Gasteiger partial charge in [-0.05, 0) is 31.0 Å². The lowest BCUT2D eigenvalue weighted by Gasteiger charge is -2.22. The summed E-state index contributed by atoms with van der Waals surface area (Å²) in [5.74, 6) is 0.691. The molecule has 0 aromatic carbocycles. The van der Waals surface area contributed by atoms with Crippen molar-refractivity contribution in [2.24, 2.45) is 5.92 Å². The molecule has 0 aromatic heterocycles. The minimum atomic E-state index is -0.517. The summed E-state index contributed by atoms with van der Waals surface area (Å²) >= 11 is 4.94. The SMILES string of the molecule is COC(=O)NC(=S)NCC1CCCCC1. The van der Waals surface area contributed by atoms with Crippen LogP contribution in [0.4, 0.5) is 4.79 Å². The molecule has 0 saturated heterocycles. The van der Waals surface area contributed by atoms with E-state index in [1.54, 1.807) is 0 Å². The van der Waals surface area contributed by atoms with Gasteiger partial charge in [0.1, 0.15) is 0 Å². The van der Waals surface area contributed by atoms with Crippen molar-refractivity contribution in [3.8, 4) is 0 Å². The Kier molecular flexibility index (Phi) is 5.39. The van der Waals surface area contributed by atoms with Gasteiger partial charge in [-0.15, -0.1) is 0 Å². The van der Waals surface area contributed by atoms with E-state index in [1.807, 2.05) is 0 Å². The maximum atomic E-state index is 10.8. The maximum absolute atomic E-state index is 10.8. The normalized spacial score (nSPS) is 16.9. The van der Waals surface area contributed by atoms with Crippen molar-refractivity contribution in [1.29, 1.82) is 0 Å². The van der Waals surface area contributed by atoms with Crippen molar-refractivity contribution in [3.05, 3.63) is 0 Å². The quantitative estimate of drug-likeness (QED) is 0.710. The van der Waals surface area contributed by atoms with Crippen LogP contribution in [-0.2, 0) is 4.74 Å². The second kappa shape index (κ2) is 6.61. The fourth-order valence-corrected chi connectivity index (χ4v) is 1.98. The average Bonchev–Trinajstić information content (AvgIpc) is 2.27. The van der Waals surface area contributed by atoms with E-state index >= 15 is 0 Å². The molecule has 0 bridgehead atoms. The zero-order valence-electron chi connectivity index (χ0n) is 9.04. The Morgan fingerprint density at radius 1 is 1.40 bits per heavy atom. The van der Waals surface area contributed by atoms with E-state index in [1.165, 1.54) is 39.2 Å². The number of carbonyl (C=O) groups excluding carboxylic acids is 1. The van der Waals surface area contributed by atoms with Gasteiger partial charge in [0, 0.05) is 6.54 Å². The van der Waals surface area contributed by atoms with Gasteiger partial charge in [-0.25, -0.2) is 4.79 Å². The van der Waals surface area contributed by atoms with Crippen LogP contribution in [0.3, 0.4) is 0 Å². The molecule has 1 saturated carbocycles. The molecule has 0 unspecified atom stereocenters. The van der Waals surface area contributed by atoms with E-state index in [9.17, 15) is 4.79 Å². The molecule has 0 aromatic rings. The van der Waals surface area contributed by atoms with Crippen molar-refractivity contribution >= 4 is 23.4 Å². The summed E-state index contributed by atoms with van der Waals surface area (Å²) in [6, 6.07) is 0. The summed E-state index contributed by atoms with van der Waals surface area (Å²) in [6.45, 7) is 0.850. The first-order chi connectivity index (χ1) is 7.22. The molecule has 86 valence electrons. The lowest BCUT2D eigenvalue weighted by Crippen LogP contribution is -2.41. The Balaban J connectivity index is 2.12. The van der Waals surface area contributed by atoms with Crippen molar-refractivity contribution in [2.75, 3.05) is 13.7 Å². The zero-order chi connectivity index (χ0) is 11.1. The van der Waals surface area contributed by atoms with Crippen LogP contribution < -0.4 is 10.6 Å². The molecule has 15 heavy (non-hydrogen) atoms. The molecule has 0 radical (unpaired) electrons. The fraction of sp³-hybridized carbons (Fsp3) is 0.800. The summed E-state index contributed by atoms with van der Waals surface area (Å²) in [5, 5.41) is 5.82. The van der Waals surface area contributed by atoms with E-state index < -0.39 is 6.09 Å². The summed E-state index contributed by atoms with van der Waals surface area (Å²) in [4.78, 5) is 10.8. The molecule has 1 fully saturated rings. The molecule has 1 aliphatic rings. The predicted octanol–water partition coefficient (Wildman–Crippen LogP) is 1.80. The molecule has 1 aliphatic carbocycles. The van der Waals surface area contributed by atoms with Gasteiger partial charge in [-0.1, -0.05) is 19.3 Å². The third-order valence-corrected chi connectivity index (χ3v) is 2.92. The number of carbonyl (C=O) groups is 1. The van der Waals surface area contributed by atoms with Crippen LogP contribution in [0.1, 0.15) is 32.1 Å². The number of thiocarbonyl (C=S) groups is 1. The standard InChI is InChI=1S/C10H18N2O2S/c1-14-10(13)12-9(15)11-7-8-5-3-2-4-6-8/h8H,2-7H2,1H3,(H2,11,12,13,15). The number of methoxy groups -OCH3 is 1. The Bertz CT molecular complexity index is 227. The Morgan fingerprint density at radius 3 is 2.67 bits per heavy atom. The molecule has 1 rings (SSSR count). The average molecular weight is 230 g/mol. The van der Waals surface area contributed by atoms with E-state index in [-0.39, 0.29) is 0 Å². The highest BCUT2D eigenvalue weighted by Gasteiger charge is 2.13. The van der Waals surface area contributed by atoms with Gasteiger partial charge in [-0.3, -0.25) is 5.32 Å². The van der Waals surface area contributed by atoms with Crippen molar-refractivity contribution in [1.82, 2.24) is 10.6 Å². The van der Waals surface area contributed by atoms with Crippen LogP contribution in [0.2, 0.25) is 0 Å². The number of hydrogen-bond donors (Lipinski definition) is 2. The molecular formula is C10H18N2O2S. The van der Waals surface area contributed by atoms with Crippen LogP contribution >= 0.6 is 12.2 Å². The zero-order valence-corrected chi connectivity index (χ0v) is 9.86. The number of nitrogens with one attached hydrogen (secondary N) is 2. The molecule has 2 N–H and O–H groups in total. The van der Waals surface area contributed by atoms with Gasteiger partial charge < -0.3 is 10.1 Å². The van der Waals surface area contributed by atoms with E-state index in [4.69, 9.17) is 12.2 Å². The molecular weight excluding hydrogens is 212 g/mol. The topological polar surface area (TPSA) is 50.4 Å². The smallest absolute Gasteiger partial charge is 0.413 e. The second-order valence-corrected chi connectivity index (χ2v) is 4.24. The molecule has 0 aliphatic heterocycles. The lowest BCUT2D eigenvalue weighted by molar-refractivity contribution is 0.176. The Hall–Kier alpha value is -0.840. The second-order valence-electron chi connectivity index (χ2n) is 3.83. The van der Waals surface area contributed by atoms with Crippen LogP contribution in [0.5, 0.6) is 0 Å². The van der Waals surface area contributed by atoms with Gasteiger partial charge in [0.15, 0.2) is 5.11 Å². The highest BCUT2D eigenvalue weighted by atomic mass is 32.1. The largest absolute Gasteiger partial charge is 0.453 e. The lowest BCUT2D eigenvalue weighted by atomic mass is 9.89. The van der Waals surface area contributed by atoms with Gasteiger partial charge in [-0.2, -0.15) is 0 Å². The summed E-state index contributed by atoms with van der Waals surface area (Å²) in [6.07, 6.45) is 5.96. The van der Waals surface area contributed by atoms with Crippen LogP contribution in [-0.4, -0.2) is 24.9 Å². The van der Waals surface area contributed by atoms with Crippen molar-refractivity contribution in [3.63, 3.8) is 0 Å². The number of hydrogen-bond acceptors (Lipinski definition) is 3. The van der Waals surface area contributed by atoms with Gasteiger partial charge in [0.25, 0.3) is 0 Å². The van der Waals surface area contributed by atoms with E-state index in [0.29, 0.717) is 11.0 Å². The van der Waals surface area contributed by atoms with Crippen LogP contribution in [0.15, 0.2) is 0 Å². The van der Waals surface area contributed by atoms with Crippen LogP contribution in [0, 0.1) is 5.92 Å². The third kappa shape index (κ3) is 4.97. The van der Waals surface area contributed by atoms with E-state index in [0.717, 1.165) is 6.54 Å². The minimum Gasteiger partial charge on any atom is -0.453 e. The fourth-order valence-electron chi connectivity index (χ4n) is 1.82. The number of rotatable bonds is 2. The number of alkyl carbamates (subject to hydrolysis) is 1. The Labute approximate surface area is 95.8 Å². The minimum absolute atomic E-state index is 0.354. The van der Waals surface area contributed by atoms with Crippen LogP contribution in [0.25, 0.3) is 0 Å². The molecule has 0 atom stereocenters. The molecule has 5 heteroatoms. The Morgan fingerprint density at radius 2 is 2.07 bits per heavy atom. The monoisotopic (exact) mass is 230 g/mol. The first kappa shape index (κ1) is 12.2. The van der Waals surface area contributed by atoms with Crippen molar-refractivity contribution in [2.45, 2.75) is 32.1 Å². The van der Waals surface area contributed by atoms with Gasteiger partial charge in [0.05, 0.1) is 7.11 Å². The summed E-state index contributed by atoms with van der Waals surface area (Å²) in [5.41, 5.74) is 0. The molecule has 1 amide bonds. The van der Waals surface area contributed by atoms with Crippen molar-refractivity contribution < 1.29 is 9.53 Å². The first-order valence-corrected chi connectivity index (χ1v) is 5.76. The van der Waals surface area contributed by atoms with Gasteiger partial charge >= 0.3 is 6.09 Å². The summed E-state index contributed by atoms with van der Waals surface area (Å²) in [7, 11) is 1.32. The highest BCUT2D eigenvalue weighted by Crippen LogP contribution is 2.22. The molecule has 0 heterocycles. The number of amides is 1. The maximum Gasteiger partial charge on any atom is 0.413 e. The molecule has 0 spiro atoms. The third-order valence-electron chi connectivity index (χ3n) is 2.68. The first-order valence-electron chi connectivity index (χ1n) is 5.35. The number of ether oxygens (including phenoxy) is 1. The summed E-state index contributed by atoms with van der Waals surface area (Å²) < 4.78 is 4.44.